The van der Waals surface area contributed by atoms with Crippen molar-refractivity contribution in [3.8, 4) is 0 Å². The Balaban J connectivity index is 1.82. The number of ether oxygens (including phenoxy) is 3. The van der Waals surface area contributed by atoms with Gasteiger partial charge in [0.15, 0.2) is 0 Å². The van der Waals surface area contributed by atoms with E-state index in [-0.39, 0.29) is 11.0 Å². The average molecular weight is 271 g/mol. The van der Waals surface area contributed by atoms with E-state index in [4.69, 9.17) is 14.2 Å². The van der Waals surface area contributed by atoms with Crippen LogP contribution in [0.4, 0.5) is 0 Å². The molecule has 2 atom stereocenters. The highest BCUT2D eigenvalue weighted by Crippen LogP contribution is 2.43. The topological polar surface area (TPSA) is 39.7 Å². The smallest absolute Gasteiger partial charge is 0.0846 e. The van der Waals surface area contributed by atoms with Gasteiger partial charge in [-0.15, -0.1) is 0 Å². The number of methoxy groups -OCH3 is 1. The minimum Gasteiger partial charge on any atom is -0.381 e. The van der Waals surface area contributed by atoms with E-state index in [0.29, 0.717) is 12.1 Å². The Morgan fingerprint density at radius 2 is 1.95 bits per heavy atom. The summed E-state index contributed by atoms with van der Waals surface area (Å²) in [6.07, 6.45) is 3.47. The summed E-state index contributed by atoms with van der Waals surface area (Å²) in [5.41, 5.74) is 0.182. The zero-order valence-corrected chi connectivity index (χ0v) is 12.8. The van der Waals surface area contributed by atoms with E-state index in [1.807, 2.05) is 7.11 Å². The van der Waals surface area contributed by atoms with Crippen LogP contribution in [-0.4, -0.2) is 51.2 Å². The van der Waals surface area contributed by atoms with E-state index in [9.17, 15) is 0 Å². The molecule has 0 aromatic heterocycles. The third-order valence-electron chi connectivity index (χ3n) is 5.05. The van der Waals surface area contributed by atoms with Crippen molar-refractivity contribution in [2.45, 2.75) is 57.8 Å². The second kappa shape index (κ2) is 6.08. The first-order valence-corrected chi connectivity index (χ1v) is 7.52. The summed E-state index contributed by atoms with van der Waals surface area (Å²) in [6, 6.07) is 0.527. The molecule has 0 amide bonds. The van der Waals surface area contributed by atoms with Crippen LogP contribution in [-0.2, 0) is 14.2 Å². The molecule has 1 aliphatic carbocycles. The van der Waals surface area contributed by atoms with Crippen LogP contribution in [0.15, 0.2) is 0 Å². The fraction of sp³-hybridized carbons (Fsp3) is 1.00. The van der Waals surface area contributed by atoms with E-state index in [2.05, 4.69) is 26.1 Å². The quantitative estimate of drug-likeness (QED) is 0.802. The van der Waals surface area contributed by atoms with Gasteiger partial charge in [0.05, 0.1) is 11.7 Å². The van der Waals surface area contributed by atoms with Gasteiger partial charge in [0.25, 0.3) is 0 Å². The molecule has 4 nitrogen and oxygen atoms in total. The van der Waals surface area contributed by atoms with Crippen LogP contribution in [0.5, 0.6) is 0 Å². The summed E-state index contributed by atoms with van der Waals surface area (Å²) in [5.74, 6) is 0. The lowest BCUT2D eigenvalue weighted by molar-refractivity contribution is -0.128. The molecule has 112 valence electrons. The molecule has 0 unspecified atom stereocenters. The fourth-order valence-corrected chi connectivity index (χ4v) is 3.22. The van der Waals surface area contributed by atoms with Crippen LogP contribution in [0, 0.1) is 5.41 Å². The first-order chi connectivity index (χ1) is 9.04. The maximum atomic E-state index is 5.78. The molecule has 0 aromatic carbocycles. The second-order valence-electron chi connectivity index (χ2n) is 6.43. The standard InChI is InChI=1S/C15H29NO3/c1-5-19-13-10-12(14(13,2)3)16-11-15(17-4)6-8-18-9-7-15/h12-13,16H,5-11H2,1-4H3/t12-,13+/m1/s1. The van der Waals surface area contributed by atoms with Gasteiger partial charge in [-0.25, -0.2) is 0 Å². The Hall–Kier alpha value is -0.160. The number of rotatable bonds is 6. The summed E-state index contributed by atoms with van der Waals surface area (Å²) >= 11 is 0. The van der Waals surface area contributed by atoms with Gasteiger partial charge in [-0.2, -0.15) is 0 Å². The Morgan fingerprint density at radius 3 is 2.47 bits per heavy atom. The zero-order chi connectivity index (χ0) is 13.9. The molecule has 0 radical (unpaired) electrons. The molecule has 1 aliphatic heterocycles. The van der Waals surface area contributed by atoms with Gasteiger partial charge in [-0.3, -0.25) is 0 Å². The molecular weight excluding hydrogens is 242 g/mol. The molecule has 2 aliphatic rings. The van der Waals surface area contributed by atoms with Crippen molar-refractivity contribution in [3.05, 3.63) is 0 Å². The van der Waals surface area contributed by atoms with Crippen molar-refractivity contribution in [1.29, 1.82) is 0 Å². The predicted octanol–water partition coefficient (Wildman–Crippen LogP) is 1.98. The van der Waals surface area contributed by atoms with Crippen LogP contribution in [0.3, 0.4) is 0 Å². The van der Waals surface area contributed by atoms with Crippen molar-refractivity contribution in [1.82, 2.24) is 5.32 Å². The summed E-state index contributed by atoms with van der Waals surface area (Å²) in [7, 11) is 1.82. The molecule has 0 aromatic rings. The van der Waals surface area contributed by atoms with Gasteiger partial charge < -0.3 is 19.5 Å². The molecule has 0 bridgehead atoms. The minimum atomic E-state index is -0.0367. The largest absolute Gasteiger partial charge is 0.381 e. The van der Waals surface area contributed by atoms with Crippen LogP contribution < -0.4 is 5.32 Å². The number of hydrogen-bond acceptors (Lipinski definition) is 4. The Morgan fingerprint density at radius 1 is 1.26 bits per heavy atom. The lowest BCUT2D eigenvalue weighted by Gasteiger charge is -2.53. The summed E-state index contributed by atoms with van der Waals surface area (Å²) in [5, 5.41) is 3.70. The average Bonchev–Trinajstić information content (AvgIpc) is 2.43. The molecule has 0 spiro atoms. The van der Waals surface area contributed by atoms with E-state index in [1.54, 1.807) is 0 Å². The minimum absolute atomic E-state index is 0.0367. The molecule has 19 heavy (non-hydrogen) atoms. The zero-order valence-electron chi connectivity index (χ0n) is 12.8. The second-order valence-corrected chi connectivity index (χ2v) is 6.43. The first-order valence-electron chi connectivity index (χ1n) is 7.52. The van der Waals surface area contributed by atoms with Crippen LogP contribution >= 0.6 is 0 Å². The molecule has 2 rings (SSSR count). The van der Waals surface area contributed by atoms with Gasteiger partial charge in [0.2, 0.25) is 0 Å². The van der Waals surface area contributed by atoms with Gasteiger partial charge >= 0.3 is 0 Å². The summed E-state index contributed by atoms with van der Waals surface area (Å²) < 4.78 is 17.0. The molecule has 1 saturated heterocycles. The highest BCUT2D eigenvalue weighted by molar-refractivity contribution is 5.03. The van der Waals surface area contributed by atoms with Gasteiger partial charge in [0.1, 0.15) is 0 Å². The van der Waals surface area contributed by atoms with Crippen molar-refractivity contribution in [3.63, 3.8) is 0 Å². The van der Waals surface area contributed by atoms with Crippen LogP contribution in [0.2, 0.25) is 0 Å². The van der Waals surface area contributed by atoms with E-state index in [0.717, 1.165) is 45.6 Å². The highest BCUT2D eigenvalue weighted by Gasteiger charge is 2.49. The van der Waals surface area contributed by atoms with E-state index < -0.39 is 0 Å². The Kier molecular flexibility index (Phi) is 4.88. The maximum absolute atomic E-state index is 5.78. The van der Waals surface area contributed by atoms with Crippen LogP contribution in [0.1, 0.15) is 40.0 Å². The molecule has 4 heteroatoms. The first kappa shape index (κ1) is 15.2. The fourth-order valence-electron chi connectivity index (χ4n) is 3.22. The summed E-state index contributed by atoms with van der Waals surface area (Å²) in [4.78, 5) is 0. The van der Waals surface area contributed by atoms with Crippen molar-refractivity contribution in [2.75, 3.05) is 33.5 Å². The lowest BCUT2D eigenvalue weighted by Crippen LogP contribution is -2.63. The number of nitrogens with one attached hydrogen (secondary N) is 1. The molecule has 1 saturated carbocycles. The van der Waals surface area contributed by atoms with Crippen LogP contribution in [0.25, 0.3) is 0 Å². The van der Waals surface area contributed by atoms with Gasteiger partial charge in [-0.1, -0.05) is 13.8 Å². The monoisotopic (exact) mass is 271 g/mol. The molecule has 2 fully saturated rings. The molecule has 1 heterocycles. The van der Waals surface area contributed by atoms with E-state index >= 15 is 0 Å². The van der Waals surface area contributed by atoms with Gasteiger partial charge in [-0.05, 0) is 13.3 Å². The Labute approximate surface area is 117 Å². The van der Waals surface area contributed by atoms with Crippen molar-refractivity contribution < 1.29 is 14.2 Å². The third kappa shape index (κ3) is 3.13. The number of hydrogen-bond donors (Lipinski definition) is 1. The van der Waals surface area contributed by atoms with Crippen molar-refractivity contribution in [2.24, 2.45) is 5.41 Å². The molecular formula is C15H29NO3. The third-order valence-corrected chi connectivity index (χ3v) is 5.05. The summed E-state index contributed by atoms with van der Waals surface area (Å²) in [6.45, 7) is 9.99. The Bertz CT molecular complexity index is 287. The predicted molar refractivity (Wildman–Crippen MR) is 75.4 cm³/mol. The van der Waals surface area contributed by atoms with E-state index in [1.165, 1.54) is 0 Å². The highest BCUT2D eigenvalue weighted by atomic mass is 16.5. The molecule has 1 N–H and O–H groups in total. The maximum Gasteiger partial charge on any atom is 0.0846 e. The lowest BCUT2D eigenvalue weighted by atomic mass is 9.64. The SMILES string of the molecule is CCO[C@H]1C[C@@H](NCC2(OC)CCOCC2)C1(C)C. The van der Waals surface area contributed by atoms with Crippen molar-refractivity contribution >= 4 is 0 Å². The van der Waals surface area contributed by atoms with Gasteiger partial charge in [0, 0.05) is 57.8 Å². The normalized spacial score (nSPS) is 32.8.